The van der Waals surface area contributed by atoms with Gasteiger partial charge in [0.25, 0.3) is 0 Å². The van der Waals surface area contributed by atoms with Crippen molar-refractivity contribution in [3.05, 3.63) is 35.6 Å². The number of halogens is 1. The minimum Gasteiger partial charge on any atom is -0.357 e. The average molecular weight is 249 g/mol. The van der Waals surface area contributed by atoms with E-state index in [0.29, 0.717) is 0 Å². The number of benzene rings is 1. The SMILES string of the molecule is CCNC(=NC)NCC1(c2ccccc2F)CC1. The lowest BCUT2D eigenvalue weighted by Crippen LogP contribution is -2.41. The van der Waals surface area contributed by atoms with E-state index in [1.165, 1.54) is 6.07 Å². The number of nitrogens with zero attached hydrogens (tertiary/aromatic N) is 1. The predicted octanol–water partition coefficient (Wildman–Crippen LogP) is 2.04. The summed E-state index contributed by atoms with van der Waals surface area (Å²) in [4.78, 5) is 4.13. The Kier molecular flexibility index (Phi) is 3.84. The van der Waals surface area contributed by atoms with Crippen LogP contribution in [0.25, 0.3) is 0 Å². The Morgan fingerprint density at radius 3 is 2.61 bits per heavy atom. The van der Waals surface area contributed by atoms with Gasteiger partial charge in [0, 0.05) is 25.6 Å². The van der Waals surface area contributed by atoms with E-state index in [0.717, 1.165) is 37.5 Å². The molecule has 0 saturated heterocycles. The molecular formula is C14H20FN3. The largest absolute Gasteiger partial charge is 0.357 e. The smallest absolute Gasteiger partial charge is 0.190 e. The topological polar surface area (TPSA) is 36.4 Å². The van der Waals surface area contributed by atoms with Crippen LogP contribution in [-0.4, -0.2) is 26.1 Å². The summed E-state index contributed by atoms with van der Waals surface area (Å²) in [6.07, 6.45) is 2.06. The minimum atomic E-state index is -0.102. The predicted molar refractivity (Wildman–Crippen MR) is 72.4 cm³/mol. The van der Waals surface area contributed by atoms with Crippen LogP contribution in [-0.2, 0) is 5.41 Å². The van der Waals surface area contributed by atoms with Gasteiger partial charge in [-0.2, -0.15) is 0 Å². The molecule has 2 rings (SSSR count). The van der Waals surface area contributed by atoms with Crippen LogP contribution in [0.1, 0.15) is 25.3 Å². The van der Waals surface area contributed by atoms with Crippen molar-refractivity contribution in [2.45, 2.75) is 25.2 Å². The standard InChI is InChI=1S/C14H20FN3/c1-3-17-13(16-2)18-10-14(8-9-14)11-6-4-5-7-12(11)15/h4-7H,3,8-10H2,1-2H3,(H2,16,17,18). The van der Waals surface area contributed by atoms with Crippen LogP contribution in [0.4, 0.5) is 4.39 Å². The second-order valence-corrected chi connectivity index (χ2v) is 4.72. The van der Waals surface area contributed by atoms with Crippen LogP contribution in [0.2, 0.25) is 0 Å². The first-order valence-electron chi connectivity index (χ1n) is 6.41. The summed E-state index contributed by atoms with van der Waals surface area (Å²) in [6.45, 7) is 3.58. The highest BCUT2D eigenvalue weighted by atomic mass is 19.1. The highest BCUT2D eigenvalue weighted by molar-refractivity contribution is 5.79. The monoisotopic (exact) mass is 249 g/mol. The fourth-order valence-corrected chi connectivity index (χ4v) is 2.22. The average Bonchev–Trinajstić information content (AvgIpc) is 3.16. The van der Waals surface area contributed by atoms with E-state index in [1.807, 2.05) is 19.1 Å². The van der Waals surface area contributed by atoms with Crippen LogP contribution >= 0.6 is 0 Å². The molecule has 98 valence electrons. The Morgan fingerprint density at radius 2 is 2.06 bits per heavy atom. The maximum atomic E-state index is 13.8. The number of hydrogen-bond acceptors (Lipinski definition) is 1. The van der Waals surface area contributed by atoms with Crippen molar-refractivity contribution in [1.82, 2.24) is 10.6 Å². The van der Waals surface area contributed by atoms with Crippen molar-refractivity contribution in [3.8, 4) is 0 Å². The van der Waals surface area contributed by atoms with E-state index in [1.54, 1.807) is 13.1 Å². The molecule has 4 heteroatoms. The van der Waals surface area contributed by atoms with Crippen molar-refractivity contribution < 1.29 is 4.39 Å². The summed E-state index contributed by atoms with van der Waals surface area (Å²) < 4.78 is 13.8. The van der Waals surface area contributed by atoms with Gasteiger partial charge in [-0.3, -0.25) is 4.99 Å². The lowest BCUT2D eigenvalue weighted by Gasteiger charge is -2.19. The second-order valence-electron chi connectivity index (χ2n) is 4.72. The zero-order valence-corrected chi connectivity index (χ0v) is 11.0. The maximum absolute atomic E-state index is 13.8. The van der Waals surface area contributed by atoms with Gasteiger partial charge in [-0.05, 0) is 31.4 Å². The Bertz CT molecular complexity index is 438. The molecule has 18 heavy (non-hydrogen) atoms. The normalized spacial score (nSPS) is 17.4. The van der Waals surface area contributed by atoms with Gasteiger partial charge in [0.2, 0.25) is 0 Å². The third kappa shape index (κ3) is 2.63. The molecule has 1 aromatic rings. The lowest BCUT2D eigenvalue weighted by molar-refractivity contribution is 0.560. The summed E-state index contributed by atoms with van der Waals surface area (Å²) in [6, 6.07) is 7.06. The number of aliphatic imine (C=N–C) groups is 1. The fraction of sp³-hybridized carbons (Fsp3) is 0.500. The van der Waals surface area contributed by atoms with Crippen molar-refractivity contribution in [3.63, 3.8) is 0 Å². The van der Waals surface area contributed by atoms with Crippen LogP contribution in [0.15, 0.2) is 29.3 Å². The summed E-state index contributed by atoms with van der Waals surface area (Å²) in [5.74, 6) is 0.676. The zero-order valence-electron chi connectivity index (χ0n) is 11.0. The summed E-state index contributed by atoms with van der Waals surface area (Å²) in [5, 5.41) is 6.41. The van der Waals surface area contributed by atoms with Crippen LogP contribution in [0.5, 0.6) is 0 Å². The van der Waals surface area contributed by atoms with Crippen LogP contribution in [0.3, 0.4) is 0 Å². The molecule has 0 heterocycles. The highest BCUT2D eigenvalue weighted by Gasteiger charge is 2.45. The number of hydrogen-bond donors (Lipinski definition) is 2. The maximum Gasteiger partial charge on any atom is 0.190 e. The first kappa shape index (κ1) is 12.9. The molecule has 2 N–H and O–H groups in total. The molecule has 0 atom stereocenters. The third-order valence-electron chi connectivity index (χ3n) is 3.46. The second kappa shape index (κ2) is 5.38. The molecular weight excluding hydrogens is 229 g/mol. The van der Waals surface area contributed by atoms with E-state index in [2.05, 4.69) is 15.6 Å². The molecule has 0 aromatic heterocycles. The molecule has 0 amide bonds. The molecule has 0 spiro atoms. The quantitative estimate of drug-likeness (QED) is 0.633. The van der Waals surface area contributed by atoms with E-state index < -0.39 is 0 Å². The third-order valence-corrected chi connectivity index (χ3v) is 3.46. The van der Waals surface area contributed by atoms with E-state index in [9.17, 15) is 4.39 Å². The number of guanidine groups is 1. The zero-order chi connectivity index (χ0) is 13.0. The van der Waals surface area contributed by atoms with Gasteiger partial charge in [-0.15, -0.1) is 0 Å². The first-order chi connectivity index (χ1) is 8.72. The van der Waals surface area contributed by atoms with E-state index in [-0.39, 0.29) is 11.2 Å². The molecule has 1 aliphatic carbocycles. The van der Waals surface area contributed by atoms with Gasteiger partial charge in [-0.1, -0.05) is 18.2 Å². The minimum absolute atomic E-state index is 0.0449. The Balaban J connectivity index is 2.03. The van der Waals surface area contributed by atoms with E-state index in [4.69, 9.17) is 0 Å². The molecule has 3 nitrogen and oxygen atoms in total. The molecule has 1 fully saturated rings. The number of rotatable bonds is 4. The fourth-order valence-electron chi connectivity index (χ4n) is 2.22. The number of nitrogens with one attached hydrogen (secondary N) is 2. The molecule has 1 aromatic carbocycles. The highest BCUT2D eigenvalue weighted by Crippen LogP contribution is 2.48. The van der Waals surface area contributed by atoms with Crippen LogP contribution in [0, 0.1) is 5.82 Å². The van der Waals surface area contributed by atoms with E-state index >= 15 is 0 Å². The van der Waals surface area contributed by atoms with Crippen molar-refractivity contribution >= 4 is 5.96 Å². The van der Waals surface area contributed by atoms with Crippen molar-refractivity contribution in [1.29, 1.82) is 0 Å². The van der Waals surface area contributed by atoms with Crippen molar-refractivity contribution in [2.24, 2.45) is 4.99 Å². The molecule has 0 unspecified atom stereocenters. The van der Waals surface area contributed by atoms with Gasteiger partial charge in [-0.25, -0.2) is 4.39 Å². The van der Waals surface area contributed by atoms with Crippen LogP contribution < -0.4 is 10.6 Å². The first-order valence-corrected chi connectivity index (χ1v) is 6.41. The van der Waals surface area contributed by atoms with Gasteiger partial charge in [0.05, 0.1) is 0 Å². The van der Waals surface area contributed by atoms with Gasteiger partial charge >= 0.3 is 0 Å². The Hall–Kier alpha value is -1.58. The van der Waals surface area contributed by atoms with Gasteiger partial charge < -0.3 is 10.6 Å². The molecule has 0 aliphatic heterocycles. The summed E-state index contributed by atoms with van der Waals surface area (Å²) >= 11 is 0. The van der Waals surface area contributed by atoms with Gasteiger partial charge in [0.15, 0.2) is 5.96 Å². The summed E-state index contributed by atoms with van der Waals surface area (Å²) in [5.41, 5.74) is 0.779. The molecule has 0 bridgehead atoms. The Labute approximate surface area is 108 Å². The van der Waals surface area contributed by atoms with Crippen molar-refractivity contribution in [2.75, 3.05) is 20.1 Å². The Morgan fingerprint density at radius 1 is 1.33 bits per heavy atom. The molecule has 1 saturated carbocycles. The molecule has 0 radical (unpaired) electrons. The van der Waals surface area contributed by atoms with Gasteiger partial charge in [0.1, 0.15) is 5.82 Å². The summed E-state index contributed by atoms with van der Waals surface area (Å²) in [7, 11) is 1.74. The lowest BCUT2D eigenvalue weighted by atomic mass is 9.95. The molecule has 1 aliphatic rings.